The third kappa shape index (κ3) is 3.50. The Morgan fingerprint density at radius 3 is 2.82 bits per heavy atom. The van der Waals surface area contributed by atoms with Gasteiger partial charge in [-0.2, -0.15) is 0 Å². The van der Waals surface area contributed by atoms with Gasteiger partial charge in [-0.05, 0) is 28.1 Å². The molecule has 0 spiro atoms. The predicted octanol–water partition coefficient (Wildman–Crippen LogP) is 4.18. The summed E-state index contributed by atoms with van der Waals surface area (Å²) >= 11 is 5.12. The van der Waals surface area contributed by atoms with Gasteiger partial charge in [0.05, 0.1) is 18.8 Å². The fourth-order valence-corrected chi connectivity index (χ4v) is 3.66. The molecule has 0 saturated carbocycles. The van der Waals surface area contributed by atoms with E-state index >= 15 is 0 Å². The van der Waals surface area contributed by atoms with Crippen molar-refractivity contribution in [1.82, 2.24) is 9.97 Å². The average Bonchev–Trinajstić information content (AvgIpc) is 2.98. The number of pyridine rings is 1. The van der Waals surface area contributed by atoms with Crippen molar-refractivity contribution in [3.05, 3.63) is 38.9 Å². The van der Waals surface area contributed by atoms with E-state index in [1.807, 2.05) is 18.3 Å². The molecule has 22 heavy (non-hydrogen) atoms. The van der Waals surface area contributed by atoms with Crippen molar-refractivity contribution in [2.24, 2.45) is 0 Å². The van der Waals surface area contributed by atoms with Crippen LogP contribution in [-0.4, -0.2) is 29.7 Å². The third-order valence-corrected chi connectivity index (χ3v) is 5.07. The highest BCUT2D eigenvalue weighted by atomic mass is 79.9. The van der Waals surface area contributed by atoms with Crippen molar-refractivity contribution in [2.45, 2.75) is 32.3 Å². The number of halogens is 1. The Kier molecular flexibility index (Phi) is 4.52. The lowest BCUT2D eigenvalue weighted by Gasteiger charge is -2.32. The van der Waals surface area contributed by atoms with Crippen LogP contribution < -0.4 is 4.90 Å². The average molecular weight is 382 g/mol. The zero-order valence-corrected chi connectivity index (χ0v) is 15.4. The molecule has 1 aliphatic heterocycles. The van der Waals surface area contributed by atoms with Crippen LogP contribution >= 0.6 is 27.3 Å². The van der Waals surface area contributed by atoms with Crippen LogP contribution in [0.3, 0.4) is 0 Å². The minimum absolute atomic E-state index is 0.0281. The smallest absolute Gasteiger partial charge is 0.128 e. The maximum Gasteiger partial charge on any atom is 0.128 e. The second-order valence-corrected chi connectivity index (χ2v) is 8.27. The summed E-state index contributed by atoms with van der Waals surface area (Å²) in [5.74, 6) is 0.990. The second kappa shape index (κ2) is 6.26. The molecule has 0 N–H and O–H groups in total. The molecule has 0 bridgehead atoms. The Morgan fingerprint density at radius 1 is 1.36 bits per heavy atom. The SMILES string of the molecule is CC(C)(C)c1csc(C2CN(c3ccc(Br)cn3)CCO2)n1. The first kappa shape index (κ1) is 15.9. The Labute approximate surface area is 143 Å². The van der Waals surface area contributed by atoms with Crippen LogP contribution in [0.2, 0.25) is 0 Å². The quantitative estimate of drug-likeness (QED) is 0.781. The van der Waals surface area contributed by atoms with Crippen molar-refractivity contribution < 1.29 is 4.74 Å². The number of aromatic nitrogens is 2. The minimum atomic E-state index is 0.0281. The van der Waals surface area contributed by atoms with E-state index in [0.717, 1.165) is 34.1 Å². The van der Waals surface area contributed by atoms with Crippen LogP contribution in [0.15, 0.2) is 28.2 Å². The van der Waals surface area contributed by atoms with Gasteiger partial charge in [0.2, 0.25) is 0 Å². The van der Waals surface area contributed by atoms with E-state index in [0.29, 0.717) is 6.61 Å². The van der Waals surface area contributed by atoms with Crippen LogP contribution in [0.5, 0.6) is 0 Å². The summed E-state index contributed by atoms with van der Waals surface area (Å²) in [6, 6.07) is 4.06. The zero-order valence-electron chi connectivity index (χ0n) is 13.0. The number of nitrogens with zero attached hydrogens (tertiary/aromatic N) is 3. The molecule has 1 fully saturated rings. The van der Waals surface area contributed by atoms with Gasteiger partial charge >= 0.3 is 0 Å². The molecule has 0 aliphatic carbocycles. The molecule has 1 aliphatic rings. The lowest BCUT2D eigenvalue weighted by atomic mass is 9.93. The first-order valence-corrected chi connectivity index (χ1v) is 9.05. The van der Waals surface area contributed by atoms with E-state index in [-0.39, 0.29) is 11.5 Å². The molecule has 1 saturated heterocycles. The fourth-order valence-electron chi connectivity index (χ4n) is 2.34. The molecule has 2 aromatic heterocycles. The molecule has 118 valence electrons. The van der Waals surface area contributed by atoms with Crippen molar-refractivity contribution in [2.75, 3.05) is 24.6 Å². The molecule has 0 amide bonds. The van der Waals surface area contributed by atoms with Gasteiger partial charge in [0.1, 0.15) is 16.9 Å². The van der Waals surface area contributed by atoms with Crippen molar-refractivity contribution >= 4 is 33.1 Å². The van der Waals surface area contributed by atoms with E-state index in [9.17, 15) is 0 Å². The summed E-state index contributed by atoms with van der Waals surface area (Å²) in [7, 11) is 0. The highest BCUT2D eigenvalue weighted by Gasteiger charge is 2.27. The molecular formula is C16H20BrN3OS. The van der Waals surface area contributed by atoms with E-state index in [2.05, 4.69) is 52.0 Å². The molecule has 1 unspecified atom stereocenters. The van der Waals surface area contributed by atoms with Crippen LogP contribution in [0, 0.1) is 0 Å². The van der Waals surface area contributed by atoms with Gasteiger partial charge in [-0.15, -0.1) is 11.3 Å². The lowest BCUT2D eigenvalue weighted by molar-refractivity contribution is 0.0392. The van der Waals surface area contributed by atoms with Crippen LogP contribution in [0.1, 0.15) is 37.6 Å². The van der Waals surface area contributed by atoms with Crippen LogP contribution in [-0.2, 0) is 10.2 Å². The summed E-state index contributed by atoms with van der Waals surface area (Å²) in [6.07, 6.45) is 1.86. The number of hydrogen-bond acceptors (Lipinski definition) is 5. The summed E-state index contributed by atoms with van der Waals surface area (Å²) in [6.45, 7) is 8.92. The first-order valence-electron chi connectivity index (χ1n) is 7.37. The number of morpholine rings is 1. The van der Waals surface area contributed by atoms with E-state index in [1.165, 1.54) is 0 Å². The van der Waals surface area contributed by atoms with Gasteiger partial charge in [-0.25, -0.2) is 9.97 Å². The minimum Gasteiger partial charge on any atom is -0.367 e. The summed E-state index contributed by atoms with van der Waals surface area (Å²) < 4.78 is 6.93. The van der Waals surface area contributed by atoms with Gasteiger partial charge in [0, 0.05) is 28.0 Å². The van der Waals surface area contributed by atoms with Gasteiger partial charge in [-0.3, -0.25) is 0 Å². The van der Waals surface area contributed by atoms with Crippen LogP contribution in [0.4, 0.5) is 5.82 Å². The number of ether oxygens (including phenoxy) is 1. The fraction of sp³-hybridized carbons (Fsp3) is 0.500. The van der Waals surface area contributed by atoms with Crippen molar-refractivity contribution in [1.29, 1.82) is 0 Å². The molecule has 0 aromatic carbocycles. The standard InChI is InChI=1S/C16H20BrN3OS/c1-16(2,3)13-10-22-15(19-13)12-9-20(6-7-21-12)14-5-4-11(17)8-18-14/h4-5,8,10,12H,6-7,9H2,1-3H3. The van der Waals surface area contributed by atoms with Gasteiger partial charge < -0.3 is 9.64 Å². The molecule has 0 radical (unpaired) electrons. The normalized spacial score (nSPS) is 19.5. The molecular weight excluding hydrogens is 362 g/mol. The highest BCUT2D eigenvalue weighted by molar-refractivity contribution is 9.10. The van der Waals surface area contributed by atoms with Crippen molar-refractivity contribution in [3.63, 3.8) is 0 Å². The van der Waals surface area contributed by atoms with E-state index in [1.54, 1.807) is 11.3 Å². The predicted molar refractivity (Wildman–Crippen MR) is 93.7 cm³/mol. The Balaban J connectivity index is 1.75. The Bertz CT molecular complexity index is 636. The van der Waals surface area contributed by atoms with Gasteiger partial charge in [0.15, 0.2) is 0 Å². The number of anilines is 1. The number of hydrogen-bond donors (Lipinski definition) is 0. The molecule has 2 aromatic rings. The largest absolute Gasteiger partial charge is 0.367 e. The highest BCUT2D eigenvalue weighted by Crippen LogP contribution is 2.31. The summed E-state index contributed by atoms with van der Waals surface area (Å²) in [4.78, 5) is 11.5. The zero-order chi connectivity index (χ0) is 15.7. The molecule has 1 atom stereocenters. The number of rotatable bonds is 2. The van der Waals surface area contributed by atoms with E-state index < -0.39 is 0 Å². The van der Waals surface area contributed by atoms with E-state index in [4.69, 9.17) is 9.72 Å². The first-order chi connectivity index (χ1) is 10.4. The number of thiazole rings is 1. The van der Waals surface area contributed by atoms with Gasteiger partial charge in [0.25, 0.3) is 0 Å². The molecule has 4 nitrogen and oxygen atoms in total. The monoisotopic (exact) mass is 381 g/mol. The lowest BCUT2D eigenvalue weighted by Crippen LogP contribution is -2.38. The van der Waals surface area contributed by atoms with Gasteiger partial charge in [-0.1, -0.05) is 20.8 Å². The maximum absolute atomic E-state index is 5.93. The third-order valence-electron chi connectivity index (χ3n) is 3.67. The topological polar surface area (TPSA) is 38.2 Å². The Hall–Kier alpha value is -0.980. The van der Waals surface area contributed by atoms with Crippen molar-refractivity contribution in [3.8, 4) is 0 Å². The van der Waals surface area contributed by atoms with Crippen LogP contribution in [0.25, 0.3) is 0 Å². The Morgan fingerprint density at radius 2 is 2.18 bits per heavy atom. The molecule has 6 heteroatoms. The molecule has 3 rings (SSSR count). The summed E-state index contributed by atoms with van der Waals surface area (Å²) in [5.41, 5.74) is 1.21. The second-order valence-electron chi connectivity index (χ2n) is 6.46. The maximum atomic E-state index is 5.93. The molecule has 3 heterocycles. The summed E-state index contributed by atoms with van der Waals surface area (Å²) in [5, 5.41) is 3.21.